The van der Waals surface area contributed by atoms with E-state index in [4.69, 9.17) is 19.7 Å². The van der Waals surface area contributed by atoms with E-state index in [0.717, 1.165) is 30.6 Å². The Balaban J connectivity index is 0.00000232. The van der Waals surface area contributed by atoms with Gasteiger partial charge in [-0.1, -0.05) is 62.4 Å². The average molecular weight is 617 g/mol. The van der Waals surface area contributed by atoms with Crippen LogP contribution in [0.4, 0.5) is 10.5 Å². The van der Waals surface area contributed by atoms with Crippen molar-refractivity contribution in [2.45, 2.75) is 59.1 Å². The van der Waals surface area contributed by atoms with Crippen LogP contribution in [0.15, 0.2) is 60.7 Å². The fourth-order valence-electron chi connectivity index (χ4n) is 4.37. The van der Waals surface area contributed by atoms with Crippen LogP contribution in [0.3, 0.4) is 0 Å². The monoisotopic (exact) mass is 616 g/mol. The van der Waals surface area contributed by atoms with Gasteiger partial charge in [-0.05, 0) is 53.8 Å². The first-order valence-electron chi connectivity index (χ1n) is 13.8. The molecule has 0 saturated heterocycles. The Morgan fingerprint density at radius 3 is 2.14 bits per heavy atom. The molecule has 0 aliphatic carbocycles. The maximum Gasteiger partial charge on any atom is 0.408 e. The van der Waals surface area contributed by atoms with E-state index in [2.05, 4.69) is 5.32 Å². The van der Waals surface area contributed by atoms with E-state index in [1.54, 1.807) is 26.0 Å². The fraction of sp³-hybridized carbons (Fsp3) is 0.406. The summed E-state index contributed by atoms with van der Waals surface area (Å²) in [6, 6.07) is 18.2. The van der Waals surface area contributed by atoms with Crippen molar-refractivity contribution < 1.29 is 49.4 Å². The van der Waals surface area contributed by atoms with Crippen molar-refractivity contribution in [3.63, 3.8) is 0 Å². The molecule has 0 saturated carbocycles. The molecule has 0 fully saturated rings. The van der Waals surface area contributed by atoms with Gasteiger partial charge in [0.2, 0.25) is 5.91 Å². The van der Waals surface area contributed by atoms with Crippen LogP contribution < -0.4 is 10.1 Å². The smallest absolute Gasteiger partial charge is 0.408 e. The number of amides is 2. The van der Waals surface area contributed by atoms with E-state index in [1.807, 2.05) is 56.3 Å². The predicted octanol–water partition coefficient (Wildman–Crippen LogP) is 3.69. The molecule has 44 heavy (non-hydrogen) atoms. The van der Waals surface area contributed by atoms with Crippen LogP contribution in [0.2, 0.25) is 0 Å². The summed E-state index contributed by atoms with van der Waals surface area (Å²) in [5, 5.41) is 48.4. The van der Waals surface area contributed by atoms with Crippen molar-refractivity contribution in [2.75, 3.05) is 26.1 Å². The highest BCUT2D eigenvalue weighted by Crippen LogP contribution is 2.36. The summed E-state index contributed by atoms with van der Waals surface area (Å²) in [7, 11) is 2.00. The van der Waals surface area contributed by atoms with Gasteiger partial charge in [0, 0.05) is 27.7 Å². The summed E-state index contributed by atoms with van der Waals surface area (Å²) in [5.41, 5.74) is 0.659. The number of aliphatic hydroxyl groups is 4. The SMILES string of the molecule is CC(=O)Nc1cc(CN(C(=O)O)C(C)(C)c2cccc3ccccc23)ccc1OC(CO)OC(=O)C(O)C(C)C.CO.CO. The van der Waals surface area contributed by atoms with Crippen LogP contribution in [0.5, 0.6) is 5.75 Å². The maximum atomic E-state index is 12.5. The Morgan fingerprint density at radius 2 is 1.57 bits per heavy atom. The van der Waals surface area contributed by atoms with Crippen LogP contribution in [-0.4, -0.2) is 81.6 Å². The van der Waals surface area contributed by atoms with Gasteiger partial charge in [0.05, 0.1) is 11.2 Å². The van der Waals surface area contributed by atoms with Crippen molar-refractivity contribution in [3.05, 3.63) is 71.8 Å². The second-order valence-electron chi connectivity index (χ2n) is 10.3. The second-order valence-corrected chi connectivity index (χ2v) is 10.3. The molecule has 3 rings (SSSR count). The third-order valence-electron chi connectivity index (χ3n) is 6.58. The summed E-state index contributed by atoms with van der Waals surface area (Å²) in [6.07, 6.45) is -3.97. The third kappa shape index (κ3) is 9.91. The number of benzene rings is 3. The standard InChI is InChI=1S/C30H36N2O8.2CH4O/c1-18(2)27(35)28(36)40-26(17-33)39-25-14-13-20(15-24(25)31-19(3)34)16-32(29(37)38)30(4,5)23-12-8-10-21-9-6-7-11-22(21)23;2*1-2/h6-15,18,26-27,33,35H,16-17H2,1-5H3,(H,31,34)(H,37,38);2*2H,1H3. The van der Waals surface area contributed by atoms with E-state index in [0.29, 0.717) is 5.56 Å². The van der Waals surface area contributed by atoms with Crippen molar-refractivity contribution in [1.29, 1.82) is 0 Å². The van der Waals surface area contributed by atoms with Crippen LogP contribution >= 0.6 is 0 Å². The molecule has 12 heteroatoms. The lowest BCUT2D eigenvalue weighted by molar-refractivity contribution is -0.180. The van der Waals surface area contributed by atoms with E-state index in [9.17, 15) is 29.7 Å². The Labute approximate surface area is 257 Å². The lowest BCUT2D eigenvalue weighted by atomic mass is 9.87. The highest BCUT2D eigenvalue weighted by atomic mass is 16.7. The molecule has 3 aromatic carbocycles. The minimum atomic E-state index is -1.44. The highest BCUT2D eigenvalue weighted by molar-refractivity contribution is 5.90. The van der Waals surface area contributed by atoms with Crippen LogP contribution in [0.25, 0.3) is 10.8 Å². The first kappa shape index (κ1) is 37.8. The zero-order chi connectivity index (χ0) is 33.6. The minimum absolute atomic E-state index is 0.0165. The Kier molecular flexibility index (Phi) is 15.3. The predicted molar refractivity (Wildman–Crippen MR) is 166 cm³/mol. The molecule has 12 nitrogen and oxygen atoms in total. The number of anilines is 1. The average Bonchev–Trinajstić information content (AvgIpc) is 3.01. The Bertz CT molecular complexity index is 1370. The summed E-state index contributed by atoms with van der Waals surface area (Å²) < 4.78 is 10.7. The lowest BCUT2D eigenvalue weighted by Gasteiger charge is -2.38. The molecule has 0 aliphatic heterocycles. The van der Waals surface area contributed by atoms with E-state index < -0.39 is 48.4 Å². The van der Waals surface area contributed by atoms with Crippen molar-refractivity contribution in [3.8, 4) is 5.75 Å². The number of nitrogens with zero attached hydrogens (tertiary/aromatic N) is 1. The molecule has 0 aromatic heterocycles. The summed E-state index contributed by atoms with van der Waals surface area (Å²) in [4.78, 5) is 37.9. The Hall–Kier alpha value is -4.23. The molecule has 0 spiro atoms. The van der Waals surface area contributed by atoms with Gasteiger partial charge in [-0.3, -0.25) is 9.69 Å². The number of hydrogen-bond acceptors (Lipinski definition) is 9. The molecular formula is C32H44N2O10. The first-order chi connectivity index (χ1) is 20.8. The van der Waals surface area contributed by atoms with Gasteiger partial charge in [0.1, 0.15) is 12.4 Å². The number of esters is 1. The van der Waals surface area contributed by atoms with Gasteiger partial charge in [-0.2, -0.15) is 0 Å². The minimum Gasteiger partial charge on any atom is -0.465 e. The number of ether oxygens (including phenoxy) is 2. The lowest BCUT2D eigenvalue weighted by Crippen LogP contribution is -2.44. The third-order valence-corrected chi connectivity index (χ3v) is 6.58. The molecule has 6 N–H and O–H groups in total. The molecule has 0 radical (unpaired) electrons. The van der Waals surface area contributed by atoms with E-state index in [-0.39, 0.29) is 18.0 Å². The largest absolute Gasteiger partial charge is 0.465 e. The number of carbonyl (C=O) groups is 3. The number of rotatable bonds is 11. The maximum absolute atomic E-state index is 12.5. The summed E-state index contributed by atoms with van der Waals surface area (Å²) >= 11 is 0. The number of fused-ring (bicyclic) bond motifs is 1. The number of nitrogens with one attached hydrogen (secondary N) is 1. The number of hydrogen-bond donors (Lipinski definition) is 6. The zero-order valence-corrected chi connectivity index (χ0v) is 26.1. The summed E-state index contributed by atoms with van der Waals surface area (Å²) in [6.45, 7) is 7.52. The molecule has 242 valence electrons. The van der Waals surface area contributed by atoms with Gasteiger partial charge < -0.3 is 40.3 Å². The molecule has 0 aliphatic rings. The van der Waals surface area contributed by atoms with E-state index in [1.165, 1.54) is 17.9 Å². The number of aliphatic hydroxyl groups excluding tert-OH is 4. The van der Waals surface area contributed by atoms with Gasteiger partial charge in [0.25, 0.3) is 6.29 Å². The second kappa shape index (κ2) is 17.8. The molecule has 0 bridgehead atoms. The first-order valence-corrected chi connectivity index (χ1v) is 13.8. The molecular weight excluding hydrogens is 572 g/mol. The fourth-order valence-corrected chi connectivity index (χ4v) is 4.37. The van der Waals surface area contributed by atoms with Crippen LogP contribution in [0, 0.1) is 5.92 Å². The highest BCUT2D eigenvalue weighted by Gasteiger charge is 2.34. The quantitative estimate of drug-likeness (QED) is 0.137. The molecule has 2 atom stereocenters. The van der Waals surface area contributed by atoms with Gasteiger partial charge >= 0.3 is 12.1 Å². The number of carbonyl (C=O) groups excluding carboxylic acids is 2. The Morgan fingerprint density at radius 1 is 0.955 bits per heavy atom. The van der Waals surface area contributed by atoms with Gasteiger partial charge in [0.15, 0.2) is 6.10 Å². The van der Waals surface area contributed by atoms with Gasteiger partial charge in [-0.25, -0.2) is 9.59 Å². The van der Waals surface area contributed by atoms with Crippen molar-refractivity contribution in [2.24, 2.45) is 5.92 Å². The molecule has 0 heterocycles. The van der Waals surface area contributed by atoms with Crippen molar-refractivity contribution >= 4 is 34.4 Å². The van der Waals surface area contributed by atoms with Crippen LogP contribution in [0.1, 0.15) is 45.7 Å². The zero-order valence-electron chi connectivity index (χ0n) is 26.1. The van der Waals surface area contributed by atoms with Crippen LogP contribution in [-0.2, 0) is 26.4 Å². The van der Waals surface area contributed by atoms with E-state index >= 15 is 0 Å². The van der Waals surface area contributed by atoms with Crippen molar-refractivity contribution in [1.82, 2.24) is 4.90 Å². The number of carboxylic acid groups (broad SMARTS) is 1. The van der Waals surface area contributed by atoms with Gasteiger partial charge in [-0.15, -0.1) is 0 Å². The normalized spacial score (nSPS) is 12.1. The molecule has 2 amide bonds. The summed E-state index contributed by atoms with van der Waals surface area (Å²) in [5.74, 6) is -1.70. The molecule has 2 unspecified atom stereocenters. The topological polar surface area (TPSA) is 186 Å². The molecule has 3 aromatic rings.